The first-order valence-electron chi connectivity index (χ1n) is 8.93. The van der Waals surface area contributed by atoms with Gasteiger partial charge in [0.15, 0.2) is 17.6 Å². The van der Waals surface area contributed by atoms with E-state index in [1.165, 1.54) is 0 Å². The third kappa shape index (κ3) is 5.69. The summed E-state index contributed by atoms with van der Waals surface area (Å²) in [6.45, 7) is 9.10. The van der Waals surface area contributed by atoms with E-state index >= 15 is 0 Å². The van der Waals surface area contributed by atoms with Gasteiger partial charge >= 0.3 is 0 Å². The van der Waals surface area contributed by atoms with E-state index < -0.39 is 6.10 Å². The lowest BCUT2D eigenvalue weighted by atomic mass is 10.2. The van der Waals surface area contributed by atoms with Gasteiger partial charge in [-0.3, -0.25) is 4.79 Å². The molecule has 26 heavy (non-hydrogen) atoms. The van der Waals surface area contributed by atoms with Crippen molar-refractivity contribution in [2.24, 2.45) is 0 Å². The van der Waals surface area contributed by atoms with Crippen molar-refractivity contribution in [1.29, 1.82) is 0 Å². The Hall–Kier alpha value is -2.69. The SMILES string of the molecule is CCOc1ccc(CNC(=O)[C@H](C)Oc2cccc(C)c2)cc1OCC. The van der Waals surface area contributed by atoms with Crippen molar-refractivity contribution in [2.45, 2.75) is 40.3 Å². The van der Waals surface area contributed by atoms with Gasteiger partial charge in [0.2, 0.25) is 0 Å². The van der Waals surface area contributed by atoms with Gasteiger partial charge in [-0.1, -0.05) is 18.2 Å². The molecule has 0 fully saturated rings. The maximum Gasteiger partial charge on any atom is 0.261 e. The minimum absolute atomic E-state index is 0.168. The van der Waals surface area contributed by atoms with E-state index in [9.17, 15) is 4.79 Å². The van der Waals surface area contributed by atoms with Crippen molar-refractivity contribution >= 4 is 5.91 Å². The Labute approximate surface area is 155 Å². The van der Waals surface area contributed by atoms with Crippen molar-refractivity contribution in [3.8, 4) is 17.2 Å². The smallest absolute Gasteiger partial charge is 0.261 e. The molecule has 0 radical (unpaired) electrons. The molecule has 2 rings (SSSR count). The number of hydrogen-bond donors (Lipinski definition) is 1. The molecule has 0 unspecified atom stereocenters. The lowest BCUT2D eigenvalue weighted by Crippen LogP contribution is -2.35. The molecular formula is C21H27NO4. The Kier molecular flexibility index (Phi) is 7.33. The van der Waals surface area contributed by atoms with E-state index in [0.717, 1.165) is 11.1 Å². The summed E-state index contributed by atoms with van der Waals surface area (Å²) in [6, 6.07) is 13.3. The molecule has 140 valence electrons. The number of hydrogen-bond acceptors (Lipinski definition) is 4. The number of ether oxygens (including phenoxy) is 3. The van der Waals surface area contributed by atoms with Crippen molar-refractivity contribution < 1.29 is 19.0 Å². The average molecular weight is 357 g/mol. The van der Waals surface area contributed by atoms with Crippen LogP contribution in [0.5, 0.6) is 17.2 Å². The molecule has 0 aliphatic carbocycles. The molecule has 1 atom stereocenters. The minimum Gasteiger partial charge on any atom is -0.490 e. The summed E-state index contributed by atoms with van der Waals surface area (Å²) in [6.07, 6.45) is -0.578. The topological polar surface area (TPSA) is 56.8 Å². The van der Waals surface area contributed by atoms with E-state index in [4.69, 9.17) is 14.2 Å². The summed E-state index contributed by atoms with van der Waals surface area (Å²) in [5.41, 5.74) is 2.03. The van der Waals surface area contributed by atoms with E-state index in [0.29, 0.717) is 37.0 Å². The molecule has 1 N–H and O–H groups in total. The number of rotatable bonds is 9. The molecule has 1 amide bonds. The van der Waals surface area contributed by atoms with Gasteiger partial charge in [0.25, 0.3) is 5.91 Å². The molecular weight excluding hydrogens is 330 g/mol. The van der Waals surface area contributed by atoms with E-state index in [2.05, 4.69) is 5.32 Å². The fourth-order valence-corrected chi connectivity index (χ4v) is 2.48. The van der Waals surface area contributed by atoms with Crippen LogP contribution in [-0.2, 0) is 11.3 Å². The van der Waals surface area contributed by atoms with Crippen LogP contribution in [-0.4, -0.2) is 25.2 Å². The quantitative estimate of drug-likeness (QED) is 0.740. The van der Waals surface area contributed by atoms with Crippen molar-refractivity contribution in [3.05, 3.63) is 53.6 Å². The molecule has 0 heterocycles. The number of benzene rings is 2. The molecule has 2 aromatic rings. The van der Waals surface area contributed by atoms with Crippen molar-refractivity contribution in [1.82, 2.24) is 5.32 Å². The Morgan fingerprint density at radius 1 is 1.04 bits per heavy atom. The van der Waals surface area contributed by atoms with Gasteiger partial charge in [0, 0.05) is 6.54 Å². The summed E-state index contributed by atoms with van der Waals surface area (Å²) in [4.78, 5) is 12.3. The Morgan fingerprint density at radius 3 is 2.46 bits per heavy atom. The van der Waals surface area contributed by atoms with Crippen LogP contribution in [0.15, 0.2) is 42.5 Å². The maximum absolute atomic E-state index is 12.3. The maximum atomic E-state index is 12.3. The highest BCUT2D eigenvalue weighted by Crippen LogP contribution is 2.28. The van der Waals surface area contributed by atoms with Gasteiger partial charge in [0.1, 0.15) is 5.75 Å². The second-order valence-corrected chi connectivity index (χ2v) is 5.94. The van der Waals surface area contributed by atoms with Crippen LogP contribution >= 0.6 is 0 Å². The fourth-order valence-electron chi connectivity index (χ4n) is 2.48. The van der Waals surface area contributed by atoms with Gasteiger partial charge in [-0.05, 0) is 63.1 Å². The lowest BCUT2D eigenvalue weighted by Gasteiger charge is -2.16. The largest absolute Gasteiger partial charge is 0.490 e. The molecule has 0 aliphatic rings. The third-order valence-corrected chi connectivity index (χ3v) is 3.75. The van der Waals surface area contributed by atoms with E-state index in [-0.39, 0.29) is 5.91 Å². The van der Waals surface area contributed by atoms with Crippen LogP contribution in [0.3, 0.4) is 0 Å². The first-order chi connectivity index (χ1) is 12.5. The summed E-state index contributed by atoms with van der Waals surface area (Å²) >= 11 is 0. The number of amides is 1. The fraction of sp³-hybridized carbons (Fsp3) is 0.381. The number of carbonyl (C=O) groups excluding carboxylic acids is 1. The third-order valence-electron chi connectivity index (χ3n) is 3.75. The monoisotopic (exact) mass is 357 g/mol. The van der Waals surface area contributed by atoms with Gasteiger partial charge in [-0.15, -0.1) is 0 Å². The summed E-state index contributed by atoms with van der Waals surface area (Å²) < 4.78 is 16.9. The summed E-state index contributed by atoms with van der Waals surface area (Å²) in [5.74, 6) is 1.91. The van der Waals surface area contributed by atoms with Gasteiger partial charge in [-0.2, -0.15) is 0 Å². The summed E-state index contributed by atoms with van der Waals surface area (Å²) in [5, 5.41) is 2.89. The zero-order chi connectivity index (χ0) is 18.9. The first-order valence-corrected chi connectivity index (χ1v) is 8.93. The zero-order valence-electron chi connectivity index (χ0n) is 15.9. The average Bonchev–Trinajstić information content (AvgIpc) is 2.62. The number of nitrogens with one attached hydrogen (secondary N) is 1. The Morgan fingerprint density at radius 2 is 1.77 bits per heavy atom. The molecule has 5 nitrogen and oxygen atoms in total. The standard InChI is InChI=1S/C21H27NO4/c1-5-24-19-11-10-17(13-20(19)25-6-2)14-22-21(23)16(4)26-18-9-7-8-15(3)12-18/h7-13,16H,5-6,14H2,1-4H3,(H,22,23)/t16-/m0/s1. The summed E-state index contributed by atoms with van der Waals surface area (Å²) in [7, 11) is 0. The Bertz CT molecular complexity index is 730. The molecule has 0 saturated heterocycles. The predicted octanol–water partition coefficient (Wildman–Crippen LogP) is 3.88. The molecule has 0 bridgehead atoms. The highest BCUT2D eigenvalue weighted by molar-refractivity contribution is 5.80. The molecule has 5 heteroatoms. The van der Waals surface area contributed by atoms with Crippen molar-refractivity contribution in [3.63, 3.8) is 0 Å². The van der Waals surface area contributed by atoms with Crippen LogP contribution in [0.2, 0.25) is 0 Å². The normalized spacial score (nSPS) is 11.5. The van der Waals surface area contributed by atoms with Gasteiger partial charge in [-0.25, -0.2) is 0 Å². The number of carbonyl (C=O) groups is 1. The molecule has 0 aromatic heterocycles. The van der Waals surface area contributed by atoms with Gasteiger partial charge < -0.3 is 19.5 Å². The molecule has 0 saturated carbocycles. The molecule has 0 spiro atoms. The van der Waals surface area contributed by atoms with Crippen LogP contribution in [0.4, 0.5) is 0 Å². The van der Waals surface area contributed by atoms with Gasteiger partial charge in [0.05, 0.1) is 13.2 Å². The number of aryl methyl sites for hydroxylation is 1. The first kappa shape index (κ1) is 19.6. The van der Waals surface area contributed by atoms with E-state index in [1.54, 1.807) is 6.92 Å². The minimum atomic E-state index is -0.578. The van der Waals surface area contributed by atoms with E-state index in [1.807, 2.05) is 63.2 Å². The molecule has 2 aromatic carbocycles. The zero-order valence-corrected chi connectivity index (χ0v) is 15.9. The van der Waals surface area contributed by atoms with Crippen LogP contribution in [0.1, 0.15) is 31.9 Å². The lowest BCUT2D eigenvalue weighted by molar-refractivity contribution is -0.127. The van der Waals surface area contributed by atoms with Crippen LogP contribution in [0, 0.1) is 6.92 Å². The van der Waals surface area contributed by atoms with Crippen LogP contribution in [0.25, 0.3) is 0 Å². The second-order valence-electron chi connectivity index (χ2n) is 5.94. The van der Waals surface area contributed by atoms with Crippen LogP contribution < -0.4 is 19.5 Å². The predicted molar refractivity (Wildman–Crippen MR) is 102 cm³/mol. The Balaban J connectivity index is 1.94. The highest BCUT2D eigenvalue weighted by Gasteiger charge is 2.15. The molecule has 0 aliphatic heterocycles. The second kappa shape index (κ2) is 9.70. The highest BCUT2D eigenvalue weighted by atomic mass is 16.5. The van der Waals surface area contributed by atoms with Crippen molar-refractivity contribution in [2.75, 3.05) is 13.2 Å².